The van der Waals surface area contributed by atoms with Crippen molar-refractivity contribution in [1.29, 1.82) is 0 Å². The third kappa shape index (κ3) is 3.40. The fourth-order valence-electron chi connectivity index (χ4n) is 2.78. The fraction of sp³-hybridized carbons (Fsp3) is 0.250. The minimum atomic E-state index is -3.83. The van der Waals surface area contributed by atoms with Gasteiger partial charge in [0, 0.05) is 34.3 Å². The lowest BCUT2D eigenvalue weighted by Gasteiger charge is -2.15. The van der Waals surface area contributed by atoms with E-state index in [2.05, 4.69) is 15.9 Å². The van der Waals surface area contributed by atoms with Crippen molar-refractivity contribution in [3.8, 4) is 11.5 Å². The smallest absolute Gasteiger partial charge is 0.281 e. The van der Waals surface area contributed by atoms with Crippen molar-refractivity contribution >= 4 is 25.8 Å². The number of aliphatic hydroxyl groups excluding tert-OH is 1. The predicted octanol–water partition coefficient (Wildman–Crippen LogP) is 4.01. The molecule has 9 heteroatoms. The molecule has 1 aliphatic carbocycles. The number of rotatable bonds is 3. The van der Waals surface area contributed by atoms with Gasteiger partial charge in [0.1, 0.15) is 23.4 Å². The Bertz CT molecular complexity index is 940. The van der Waals surface area contributed by atoms with Gasteiger partial charge in [-0.3, -0.25) is 0 Å². The molecule has 0 spiro atoms. The van der Waals surface area contributed by atoms with Crippen LogP contribution in [0.3, 0.4) is 0 Å². The third-order valence-corrected chi connectivity index (χ3v) is 5.44. The van der Waals surface area contributed by atoms with Gasteiger partial charge in [-0.15, -0.1) is 0 Å². The summed E-state index contributed by atoms with van der Waals surface area (Å²) >= 11 is 3.09. The van der Waals surface area contributed by atoms with Crippen LogP contribution in [0.5, 0.6) is 11.5 Å². The molecule has 2 aromatic rings. The monoisotopic (exact) mass is 436 g/mol. The molecule has 0 aliphatic heterocycles. The lowest BCUT2D eigenvalue weighted by molar-refractivity contribution is -0.0976. The molecule has 0 heterocycles. The fourth-order valence-corrected chi connectivity index (χ4v) is 4.18. The highest BCUT2D eigenvalue weighted by Crippen LogP contribution is 2.49. The van der Waals surface area contributed by atoms with Gasteiger partial charge in [0.25, 0.3) is 5.92 Å². The summed E-state index contributed by atoms with van der Waals surface area (Å²) in [6, 6.07) is 6.02. The standard InChI is InChI=1S/C16H12BrF3O4S/c1-25(22,23)13-3-2-12(11-7-16(19,20)15(21)14(11)13)24-10-5-8(17)4-9(18)6-10/h2-6,15,21H,7H2,1H3/t15-/m0/s1. The molecule has 0 unspecified atom stereocenters. The number of hydrogen-bond acceptors (Lipinski definition) is 4. The summed E-state index contributed by atoms with van der Waals surface area (Å²) < 4.78 is 71.0. The number of halogens is 4. The van der Waals surface area contributed by atoms with Crippen molar-refractivity contribution in [2.24, 2.45) is 0 Å². The quantitative estimate of drug-likeness (QED) is 0.789. The Morgan fingerprint density at radius 3 is 2.56 bits per heavy atom. The summed E-state index contributed by atoms with van der Waals surface area (Å²) in [6.07, 6.45) is -2.26. The first-order valence-electron chi connectivity index (χ1n) is 7.05. The minimum Gasteiger partial charge on any atom is -0.457 e. The van der Waals surface area contributed by atoms with Gasteiger partial charge >= 0.3 is 0 Å². The van der Waals surface area contributed by atoms with Crippen LogP contribution in [0.1, 0.15) is 17.2 Å². The number of sulfone groups is 1. The second-order valence-electron chi connectivity index (χ2n) is 5.77. The highest BCUT2D eigenvalue weighted by molar-refractivity contribution is 9.10. The number of fused-ring (bicyclic) bond motifs is 1. The van der Waals surface area contributed by atoms with Gasteiger partial charge in [0.05, 0.1) is 4.90 Å². The predicted molar refractivity (Wildman–Crippen MR) is 87.3 cm³/mol. The lowest BCUT2D eigenvalue weighted by Crippen LogP contribution is -2.22. The van der Waals surface area contributed by atoms with Crippen molar-refractivity contribution in [2.45, 2.75) is 23.3 Å². The van der Waals surface area contributed by atoms with E-state index in [4.69, 9.17) is 4.74 Å². The zero-order valence-corrected chi connectivity index (χ0v) is 15.2. The highest BCUT2D eigenvalue weighted by atomic mass is 79.9. The summed E-state index contributed by atoms with van der Waals surface area (Å²) in [5.74, 6) is -4.13. The number of ether oxygens (including phenoxy) is 1. The van der Waals surface area contributed by atoms with Crippen LogP contribution >= 0.6 is 15.9 Å². The molecule has 1 atom stereocenters. The molecule has 1 N–H and O–H groups in total. The van der Waals surface area contributed by atoms with Crippen LogP contribution in [-0.2, 0) is 16.3 Å². The van der Waals surface area contributed by atoms with Gasteiger partial charge in [-0.2, -0.15) is 0 Å². The molecule has 0 saturated carbocycles. The van der Waals surface area contributed by atoms with E-state index in [9.17, 15) is 26.7 Å². The first-order chi connectivity index (χ1) is 11.5. The maximum atomic E-state index is 14.0. The minimum absolute atomic E-state index is 0.0471. The van der Waals surface area contributed by atoms with Gasteiger partial charge in [-0.05, 0) is 24.3 Å². The van der Waals surface area contributed by atoms with E-state index in [0.717, 1.165) is 18.4 Å². The van der Waals surface area contributed by atoms with Crippen LogP contribution in [0.15, 0.2) is 39.7 Å². The Labute approximate surface area is 150 Å². The summed E-state index contributed by atoms with van der Waals surface area (Å²) in [5.41, 5.74) is -0.485. The van der Waals surface area contributed by atoms with Crippen molar-refractivity contribution < 1.29 is 31.4 Å². The molecule has 0 radical (unpaired) electrons. The molecule has 3 rings (SSSR count). The summed E-state index contributed by atoms with van der Waals surface area (Å²) in [4.78, 5) is -0.375. The van der Waals surface area contributed by atoms with Crippen LogP contribution in [0.25, 0.3) is 0 Å². The van der Waals surface area contributed by atoms with E-state index in [0.29, 0.717) is 4.47 Å². The summed E-state index contributed by atoms with van der Waals surface area (Å²) in [7, 11) is -3.83. The Kier molecular flexibility index (Phi) is 4.37. The van der Waals surface area contributed by atoms with Crippen LogP contribution < -0.4 is 4.74 Å². The van der Waals surface area contributed by atoms with Gasteiger partial charge in [0.15, 0.2) is 9.84 Å². The Morgan fingerprint density at radius 1 is 1.28 bits per heavy atom. The first-order valence-corrected chi connectivity index (χ1v) is 9.73. The van der Waals surface area contributed by atoms with Crippen molar-refractivity contribution in [3.63, 3.8) is 0 Å². The average molecular weight is 437 g/mol. The highest BCUT2D eigenvalue weighted by Gasteiger charge is 2.50. The van der Waals surface area contributed by atoms with Crippen molar-refractivity contribution in [2.75, 3.05) is 6.26 Å². The molecular weight excluding hydrogens is 425 g/mol. The Balaban J connectivity index is 2.15. The van der Waals surface area contributed by atoms with E-state index in [1.54, 1.807) is 0 Å². The zero-order valence-electron chi connectivity index (χ0n) is 12.8. The lowest BCUT2D eigenvalue weighted by atomic mass is 10.1. The van der Waals surface area contributed by atoms with Gasteiger partial charge in [0.2, 0.25) is 0 Å². The number of hydrogen-bond donors (Lipinski definition) is 1. The van der Waals surface area contributed by atoms with Crippen molar-refractivity contribution in [3.05, 3.63) is 51.7 Å². The van der Waals surface area contributed by atoms with Gasteiger partial charge < -0.3 is 9.84 Å². The first kappa shape index (κ1) is 18.2. The topological polar surface area (TPSA) is 63.6 Å². The molecule has 2 aromatic carbocycles. The molecule has 0 saturated heterocycles. The van der Waals surface area contributed by atoms with Crippen LogP contribution in [0.4, 0.5) is 13.2 Å². The molecule has 0 fully saturated rings. The van der Waals surface area contributed by atoms with Gasteiger partial charge in [-0.25, -0.2) is 21.6 Å². The summed E-state index contributed by atoms with van der Waals surface area (Å²) in [5, 5.41) is 9.89. The van der Waals surface area contributed by atoms with Crippen LogP contribution in [0, 0.1) is 5.82 Å². The second-order valence-corrected chi connectivity index (χ2v) is 8.67. The Hall–Kier alpha value is -1.58. The van der Waals surface area contributed by atoms with Crippen molar-refractivity contribution in [1.82, 2.24) is 0 Å². The zero-order chi connectivity index (χ0) is 18.6. The second kappa shape index (κ2) is 6.00. The molecular formula is C16H12BrF3O4S. The van der Waals surface area contributed by atoms with E-state index in [-0.39, 0.29) is 27.5 Å². The number of aliphatic hydroxyl groups is 1. The number of benzene rings is 2. The molecule has 1 aliphatic rings. The van der Waals surface area contributed by atoms with E-state index in [1.807, 2.05) is 0 Å². The van der Waals surface area contributed by atoms with E-state index >= 15 is 0 Å². The maximum absolute atomic E-state index is 14.0. The van der Waals surface area contributed by atoms with Crippen LogP contribution in [-0.4, -0.2) is 25.7 Å². The third-order valence-electron chi connectivity index (χ3n) is 3.82. The molecule has 0 aromatic heterocycles. The average Bonchev–Trinajstić information content (AvgIpc) is 2.68. The molecule has 0 amide bonds. The molecule has 0 bridgehead atoms. The van der Waals surface area contributed by atoms with E-state index in [1.165, 1.54) is 18.2 Å². The number of alkyl halides is 2. The molecule has 4 nitrogen and oxygen atoms in total. The normalized spacial score (nSPS) is 18.9. The van der Waals surface area contributed by atoms with Crippen LogP contribution in [0.2, 0.25) is 0 Å². The molecule has 25 heavy (non-hydrogen) atoms. The largest absolute Gasteiger partial charge is 0.457 e. The van der Waals surface area contributed by atoms with E-state index < -0.39 is 34.1 Å². The maximum Gasteiger partial charge on any atom is 0.281 e. The molecule has 134 valence electrons. The van der Waals surface area contributed by atoms with Gasteiger partial charge in [-0.1, -0.05) is 15.9 Å². The SMILES string of the molecule is CS(=O)(=O)c1ccc(Oc2cc(F)cc(Br)c2)c2c1[C@H](O)C(F)(F)C2. The summed E-state index contributed by atoms with van der Waals surface area (Å²) in [6.45, 7) is 0. The Morgan fingerprint density at radius 2 is 1.96 bits per heavy atom.